The maximum absolute atomic E-state index is 6.24. The molecule has 0 atom stereocenters. The molecule has 0 spiro atoms. The maximum atomic E-state index is 6.24. The number of benzene rings is 8. The number of pyridine rings is 1. The van der Waals surface area contributed by atoms with Crippen LogP contribution in [0.5, 0.6) is 0 Å². The second-order valence-electron chi connectivity index (χ2n) is 15.9. The molecule has 0 bridgehead atoms. The molecule has 7 nitrogen and oxygen atoms in total. The summed E-state index contributed by atoms with van der Waals surface area (Å²) in [5.41, 5.74) is 12.9. The average Bonchev–Trinajstić information content (AvgIpc) is 4.01. The molecule has 5 aromatic heterocycles. The van der Waals surface area contributed by atoms with Crippen LogP contribution in [0.2, 0.25) is 0 Å². The van der Waals surface area contributed by atoms with Crippen LogP contribution in [-0.4, -0.2) is 29.1 Å². The van der Waals surface area contributed by atoms with Gasteiger partial charge in [0.15, 0.2) is 17.5 Å². The van der Waals surface area contributed by atoms with E-state index in [9.17, 15) is 0 Å². The number of hydrogen-bond donors (Lipinski definition) is 0. The summed E-state index contributed by atoms with van der Waals surface area (Å²) in [6.45, 7) is 0. The molecule has 0 aliphatic carbocycles. The lowest BCUT2D eigenvalue weighted by Crippen LogP contribution is -2.02. The van der Waals surface area contributed by atoms with Gasteiger partial charge in [-0.1, -0.05) is 140 Å². The number of fused-ring (bicyclic) bond motifs is 9. The Morgan fingerprint density at radius 1 is 0.333 bits per heavy atom. The second kappa shape index (κ2) is 13.9. The number of furan rings is 1. The number of hydrogen-bond acceptors (Lipinski definition) is 5. The van der Waals surface area contributed by atoms with Crippen molar-refractivity contribution >= 4 is 65.6 Å². The van der Waals surface area contributed by atoms with Gasteiger partial charge in [-0.2, -0.15) is 0 Å². The highest BCUT2D eigenvalue weighted by Gasteiger charge is 2.20. The van der Waals surface area contributed by atoms with Gasteiger partial charge in [0.25, 0.3) is 0 Å². The first-order valence-corrected chi connectivity index (χ1v) is 21.0. The fraction of sp³-hybridized carbons (Fsp3) is 0. The fourth-order valence-electron chi connectivity index (χ4n) is 9.37. The van der Waals surface area contributed by atoms with Crippen molar-refractivity contribution in [2.24, 2.45) is 0 Å². The summed E-state index contributed by atoms with van der Waals surface area (Å²) in [5.74, 6) is 1.60. The third-order valence-corrected chi connectivity index (χ3v) is 12.3. The molecule has 294 valence electrons. The number of aromatic nitrogens is 6. The lowest BCUT2D eigenvalue weighted by Gasteiger charge is -2.13. The Morgan fingerprint density at radius 3 is 1.60 bits per heavy atom. The Balaban J connectivity index is 0.918. The van der Waals surface area contributed by atoms with Crippen molar-refractivity contribution in [3.05, 3.63) is 206 Å². The van der Waals surface area contributed by atoms with Crippen molar-refractivity contribution in [2.75, 3.05) is 0 Å². The van der Waals surface area contributed by atoms with E-state index >= 15 is 0 Å². The molecule has 0 saturated heterocycles. The predicted molar refractivity (Wildman–Crippen MR) is 255 cm³/mol. The van der Waals surface area contributed by atoms with Crippen molar-refractivity contribution in [2.45, 2.75) is 0 Å². The van der Waals surface area contributed by atoms with E-state index in [1.807, 2.05) is 72.9 Å². The molecule has 13 rings (SSSR count). The minimum atomic E-state index is 0.471. The summed E-state index contributed by atoms with van der Waals surface area (Å²) >= 11 is 0. The molecular weight excluding hydrogens is 773 g/mol. The molecule has 0 aliphatic rings. The topological polar surface area (TPSA) is 74.6 Å². The second-order valence-corrected chi connectivity index (χ2v) is 15.9. The standard InChI is InChI=1S/C56H34N6O/c1-2-14-36(15-3-1)54-58-55(60-56(59-54)47-33-53-46(34-57-47)43-20-9-13-25-52(43)63-53)44-21-5-4-16-39(44)35-26-28-37(29-27-35)61-50-24-12-8-19-42(50)45-32-38(30-31-51(45)61)62-48-22-10-6-17-40(48)41-18-7-11-23-49(41)62/h1-34H. The van der Waals surface area contributed by atoms with Gasteiger partial charge in [-0.3, -0.25) is 4.98 Å². The van der Waals surface area contributed by atoms with Gasteiger partial charge in [0.2, 0.25) is 0 Å². The molecule has 0 fully saturated rings. The van der Waals surface area contributed by atoms with E-state index in [2.05, 4.69) is 143 Å². The molecule has 0 aliphatic heterocycles. The molecule has 0 unspecified atom stereocenters. The van der Waals surface area contributed by atoms with Crippen LogP contribution in [0.4, 0.5) is 0 Å². The third-order valence-electron chi connectivity index (χ3n) is 12.3. The SMILES string of the molecule is c1ccc(-c2nc(-c3cc4oc5ccccc5c4cn3)nc(-c3ccccc3-c3ccc(-n4c5ccccc5c5cc(-n6c7ccccc7c7ccccc76)ccc54)cc3)n2)cc1. The minimum absolute atomic E-state index is 0.471. The van der Waals surface area contributed by atoms with Crippen molar-refractivity contribution in [1.82, 2.24) is 29.1 Å². The number of nitrogens with zero attached hydrogens (tertiary/aromatic N) is 6. The predicted octanol–water partition coefficient (Wildman–Crippen LogP) is 14.0. The van der Waals surface area contributed by atoms with Crippen LogP contribution in [-0.2, 0) is 0 Å². The molecule has 0 saturated carbocycles. The van der Waals surface area contributed by atoms with Gasteiger partial charge in [0, 0.05) is 67.1 Å². The smallest absolute Gasteiger partial charge is 0.182 e. The molecule has 0 N–H and O–H groups in total. The van der Waals surface area contributed by atoms with Gasteiger partial charge in [0.1, 0.15) is 16.9 Å². The van der Waals surface area contributed by atoms with E-state index in [0.29, 0.717) is 23.2 Å². The van der Waals surface area contributed by atoms with Crippen LogP contribution in [0.3, 0.4) is 0 Å². The third kappa shape index (κ3) is 5.60. The first-order valence-electron chi connectivity index (χ1n) is 21.0. The average molecular weight is 807 g/mol. The largest absolute Gasteiger partial charge is 0.456 e. The van der Waals surface area contributed by atoms with Crippen molar-refractivity contribution in [3.8, 4) is 56.8 Å². The van der Waals surface area contributed by atoms with Crippen LogP contribution in [0, 0.1) is 0 Å². The monoisotopic (exact) mass is 806 g/mol. The highest BCUT2D eigenvalue weighted by Crippen LogP contribution is 2.39. The van der Waals surface area contributed by atoms with Crippen molar-refractivity contribution in [1.29, 1.82) is 0 Å². The lowest BCUT2D eigenvalue weighted by molar-refractivity contribution is 0.668. The van der Waals surface area contributed by atoms with E-state index in [4.69, 9.17) is 24.4 Å². The van der Waals surface area contributed by atoms with Crippen LogP contribution < -0.4 is 0 Å². The quantitative estimate of drug-likeness (QED) is 0.167. The van der Waals surface area contributed by atoms with Gasteiger partial charge in [-0.25, -0.2) is 15.0 Å². The van der Waals surface area contributed by atoms with Crippen molar-refractivity contribution < 1.29 is 4.42 Å². The first kappa shape index (κ1) is 35.1. The highest BCUT2D eigenvalue weighted by atomic mass is 16.3. The van der Waals surface area contributed by atoms with Crippen LogP contribution >= 0.6 is 0 Å². The molecule has 63 heavy (non-hydrogen) atoms. The van der Waals surface area contributed by atoms with Crippen LogP contribution in [0.1, 0.15) is 0 Å². The highest BCUT2D eigenvalue weighted by molar-refractivity contribution is 6.12. The van der Waals surface area contributed by atoms with Gasteiger partial charge in [0.05, 0.1) is 22.1 Å². The summed E-state index contributed by atoms with van der Waals surface area (Å²) in [6.07, 6.45) is 1.85. The van der Waals surface area contributed by atoms with E-state index in [1.165, 1.54) is 32.6 Å². The molecule has 13 aromatic rings. The first-order chi connectivity index (χ1) is 31.2. The Labute approximate surface area is 360 Å². The Morgan fingerprint density at radius 2 is 0.873 bits per heavy atom. The zero-order chi connectivity index (χ0) is 41.4. The van der Waals surface area contributed by atoms with Gasteiger partial charge in [-0.05, 0) is 65.7 Å². The summed E-state index contributed by atoms with van der Waals surface area (Å²) in [5, 5.41) is 6.89. The lowest BCUT2D eigenvalue weighted by atomic mass is 9.98. The Bertz CT molecular complexity index is 3860. The zero-order valence-corrected chi connectivity index (χ0v) is 33.7. The van der Waals surface area contributed by atoms with Crippen LogP contribution in [0.15, 0.2) is 211 Å². The van der Waals surface area contributed by atoms with Gasteiger partial charge in [-0.15, -0.1) is 0 Å². The zero-order valence-electron chi connectivity index (χ0n) is 33.7. The van der Waals surface area contributed by atoms with E-state index in [-0.39, 0.29) is 0 Å². The fourth-order valence-corrected chi connectivity index (χ4v) is 9.37. The maximum Gasteiger partial charge on any atom is 0.182 e. The summed E-state index contributed by atoms with van der Waals surface area (Å²) in [7, 11) is 0. The van der Waals surface area contributed by atoms with Gasteiger partial charge >= 0.3 is 0 Å². The normalized spacial score (nSPS) is 11.8. The molecule has 8 aromatic carbocycles. The van der Waals surface area contributed by atoms with E-state index < -0.39 is 0 Å². The molecule has 0 amide bonds. The molecule has 7 heteroatoms. The van der Waals surface area contributed by atoms with Crippen molar-refractivity contribution in [3.63, 3.8) is 0 Å². The van der Waals surface area contributed by atoms with E-state index in [1.54, 1.807) is 0 Å². The molecule has 5 heterocycles. The summed E-state index contributed by atoms with van der Waals surface area (Å²) < 4.78 is 11.0. The Hall–Kier alpha value is -8.68. The minimum Gasteiger partial charge on any atom is -0.456 e. The summed E-state index contributed by atoms with van der Waals surface area (Å²) in [4.78, 5) is 20.0. The van der Waals surface area contributed by atoms with Crippen LogP contribution in [0.25, 0.3) is 122 Å². The number of rotatable bonds is 6. The van der Waals surface area contributed by atoms with E-state index in [0.717, 1.165) is 66.6 Å². The number of para-hydroxylation sites is 4. The summed E-state index contributed by atoms with van der Waals surface area (Å²) in [6, 6.07) is 69.9. The molecule has 0 radical (unpaired) electrons. The van der Waals surface area contributed by atoms with Gasteiger partial charge < -0.3 is 13.6 Å². The Kier molecular flexibility index (Phi) is 7.77. The molecular formula is C56H34N6O.